The standard InChI is InChI=1S/C20H23N3OS/c1-4-14-10-8-9-13(3)18(14)23-19(24)17(5-2)25-20-21-15-11-6-7-12-16(15)22-20/h6-12,17H,4-5H2,1-3H3,(H,21,22)(H,23,24). The number of anilines is 1. The number of aryl methyl sites for hydroxylation is 2. The van der Waals surface area contributed by atoms with E-state index in [4.69, 9.17) is 0 Å². The summed E-state index contributed by atoms with van der Waals surface area (Å²) in [5.41, 5.74) is 5.12. The second kappa shape index (κ2) is 7.74. The first-order valence-electron chi connectivity index (χ1n) is 8.63. The number of H-pyrrole nitrogens is 1. The molecule has 1 atom stereocenters. The van der Waals surface area contributed by atoms with E-state index in [1.54, 1.807) is 0 Å². The Morgan fingerprint density at radius 1 is 1.20 bits per heavy atom. The minimum Gasteiger partial charge on any atom is -0.333 e. The number of nitrogens with one attached hydrogen (secondary N) is 2. The van der Waals surface area contributed by atoms with Gasteiger partial charge in [-0.05, 0) is 43.0 Å². The van der Waals surface area contributed by atoms with Gasteiger partial charge in [-0.3, -0.25) is 4.79 Å². The molecule has 2 aromatic carbocycles. The van der Waals surface area contributed by atoms with Gasteiger partial charge in [-0.25, -0.2) is 4.98 Å². The summed E-state index contributed by atoms with van der Waals surface area (Å²) in [6, 6.07) is 14.0. The van der Waals surface area contributed by atoms with Crippen LogP contribution < -0.4 is 5.32 Å². The molecule has 2 N–H and O–H groups in total. The number of imidazole rings is 1. The molecule has 1 aromatic heterocycles. The third kappa shape index (κ3) is 3.87. The summed E-state index contributed by atoms with van der Waals surface area (Å²) in [6.45, 7) is 6.16. The number of hydrogen-bond donors (Lipinski definition) is 2. The van der Waals surface area contributed by atoms with Crippen LogP contribution in [0.4, 0.5) is 5.69 Å². The van der Waals surface area contributed by atoms with E-state index in [-0.39, 0.29) is 11.2 Å². The second-order valence-electron chi connectivity index (χ2n) is 6.03. The third-order valence-electron chi connectivity index (χ3n) is 4.27. The van der Waals surface area contributed by atoms with E-state index in [0.717, 1.165) is 45.8 Å². The van der Waals surface area contributed by atoms with E-state index in [0.29, 0.717) is 0 Å². The van der Waals surface area contributed by atoms with Crippen molar-refractivity contribution in [2.45, 2.75) is 44.0 Å². The number of aromatic nitrogens is 2. The lowest BCUT2D eigenvalue weighted by molar-refractivity contribution is -0.115. The van der Waals surface area contributed by atoms with Crippen molar-refractivity contribution >= 4 is 34.4 Å². The van der Waals surface area contributed by atoms with E-state index in [2.05, 4.69) is 28.3 Å². The fourth-order valence-corrected chi connectivity index (χ4v) is 3.77. The molecule has 1 amide bonds. The molecule has 0 radical (unpaired) electrons. The van der Waals surface area contributed by atoms with E-state index in [1.165, 1.54) is 11.8 Å². The highest BCUT2D eigenvalue weighted by Crippen LogP contribution is 2.28. The summed E-state index contributed by atoms with van der Waals surface area (Å²) >= 11 is 1.48. The Morgan fingerprint density at radius 2 is 2.00 bits per heavy atom. The van der Waals surface area contributed by atoms with Crippen LogP contribution >= 0.6 is 11.8 Å². The predicted molar refractivity (Wildman–Crippen MR) is 105 cm³/mol. The van der Waals surface area contributed by atoms with Crippen molar-refractivity contribution in [2.24, 2.45) is 0 Å². The SMILES string of the molecule is CCc1cccc(C)c1NC(=O)C(CC)Sc1nc2ccccc2[nH]1. The topological polar surface area (TPSA) is 57.8 Å². The molecule has 0 saturated carbocycles. The van der Waals surface area contributed by atoms with Crippen LogP contribution in [0.25, 0.3) is 11.0 Å². The van der Waals surface area contributed by atoms with Gasteiger partial charge in [-0.15, -0.1) is 0 Å². The van der Waals surface area contributed by atoms with E-state index < -0.39 is 0 Å². The van der Waals surface area contributed by atoms with Gasteiger partial charge in [0.2, 0.25) is 5.91 Å². The molecule has 130 valence electrons. The quantitative estimate of drug-likeness (QED) is 0.617. The molecule has 4 nitrogen and oxygen atoms in total. The zero-order valence-electron chi connectivity index (χ0n) is 14.8. The highest BCUT2D eigenvalue weighted by atomic mass is 32.2. The molecule has 0 aliphatic heterocycles. The summed E-state index contributed by atoms with van der Waals surface area (Å²) in [6.07, 6.45) is 1.63. The Bertz CT molecular complexity index is 855. The second-order valence-corrected chi connectivity index (χ2v) is 7.22. The summed E-state index contributed by atoms with van der Waals surface area (Å²) in [4.78, 5) is 20.7. The Kier molecular flexibility index (Phi) is 5.43. The molecule has 1 heterocycles. The van der Waals surface area contributed by atoms with Crippen molar-refractivity contribution in [1.82, 2.24) is 9.97 Å². The van der Waals surface area contributed by atoms with Gasteiger partial charge in [0, 0.05) is 5.69 Å². The molecule has 3 aromatic rings. The normalized spacial score (nSPS) is 12.3. The maximum atomic E-state index is 12.8. The number of carbonyl (C=O) groups excluding carboxylic acids is 1. The van der Waals surface area contributed by atoms with Crippen molar-refractivity contribution in [1.29, 1.82) is 0 Å². The molecule has 0 aliphatic rings. The van der Waals surface area contributed by atoms with Gasteiger partial charge < -0.3 is 10.3 Å². The van der Waals surface area contributed by atoms with E-state index >= 15 is 0 Å². The molecule has 3 rings (SSSR count). The van der Waals surface area contributed by atoms with Gasteiger partial charge in [0.25, 0.3) is 0 Å². The third-order valence-corrected chi connectivity index (χ3v) is 5.52. The lowest BCUT2D eigenvalue weighted by Crippen LogP contribution is -2.25. The number of para-hydroxylation sites is 3. The number of nitrogens with zero attached hydrogens (tertiary/aromatic N) is 1. The Balaban J connectivity index is 1.77. The summed E-state index contributed by atoms with van der Waals surface area (Å²) < 4.78 is 0. The van der Waals surface area contributed by atoms with Crippen LogP contribution in [-0.2, 0) is 11.2 Å². The lowest BCUT2D eigenvalue weighted by Gasteiger charge is -2.17. The van der Waals surface area contributed by atoms with Gasteiger partial charge in [0.05, 0.1) is 16.3 Å². The molecular formula is C20H23N3OS. The predicted octanol–water partition coefficient (Wildman–Crippen LogP) is 4.94. The molecule has 5 heteroatoms. The van der Waals surface area contributed by atoms with Gasteiger partial charge in [0.15, 0.2) is 5.16 Å². The smallest absolute Gasteiger partial charge is 0.237 e. The van der Waals surface area contributed by atoms with Crippen LogP contribution in [-0.4, -0.2) is 21.1 Å². The number of rotatable bonds is 6. The number of thioether (sulfide) groups is 1. The number of benzene rings is 2. The molecule has 0 spiro atoms. The van der Waals surface area contributed by atoms with Crippen LogP contribution in [0.1, 0.15) is 31.4 Å². The number of hydrogen-bond acceptors (Lipinski definition) is 3. The van der Waals surface area contributed by atoms with Crippen molar-refractivity contribution in [3.8, 4) is 0 Å². The lowest BCUT2D eigenvalue weighted by atomic mass is 10.1. The first-order valence-corrected chi connectivity index (χ1v) is 9.51. The minimum atomic E-state index is -0.190. The number of fused-ring (bicyclic) bond motifs is 1. The summed E-state index contributed by atoms with van der Waals surface area (Å²) in [7, 11) is 0. The average Bonchev–Trinajstić information content (AvgIpc) is 3.03. The maximum absolute atomic E-state index is 12.8. The largest absolute Gasteiger partial charge is 0.333 e. The molecule has 0 saturated heterocycles. The summed E-state index contributed by atoms with van der Waals surface area (Å²) in [5.74, 6) is 0.0250. The molecule has 1 unspecified atom stereocenters. The Labute approximate surface area is 152 Å². The zero-order valence-corrected chi connectivity index (χ0v) is 15.6. The fraction of sp³-hybridized carbons (Fsp3) is 0.300. The van der Waals surface area contributed by atoms with Crippen molar-refractivity contribution in [2.75, 3.05) is 5.32 Å². The fourth-order valence-electron chi connectivity index (χ4n) is 2.85. The Morgan fingerprint density at radius 3 is 2.72 bits per heavy atom. The molecule has 0 fully saturated rings. The Hall–Kier alpha value is -2.27. The monoisotopic (exact) mass is 353 g/mol. The number of amides is 1. The zero-order chi connectivity index (χ0) is 17.8. The minimum absolute atomic E-state index is 0.0250. The summed E-state index contributed by atoms with van der Waals surface area (Å²) in [5, 5.41) is 3.72. The van der Waals surface area contributed by atoms with Gasteiger partial charge >= 0.3 is 0 Å². The first-order chi connectivity index (χ1) is 12.1. The van der Waals surface area contributed by atoms with Crippen molar-refractivity contribution in [3.05, 3.63) is 53.6 Å². The highest BCUT2D eigenvalue weighted by Gasteiger charge is 2.21. The molecule has 0 aliphatic carbocycles. The van der Waals surface area contributed by atoms with Gasteiger partial charge in [-0.2, -0.15) is 0 Å². The van der Waals surface area contributed by atoms with Gasteiger partial charge in [0.1, 0.15) is 0 Å². The molecular weight excluding hydrogens is 330 g/mol. The maximum Gasteiger partial charge on any atom is 0.237 e. The number of aromatic amines is 1. The molecule has 25 heavy (non-hydrogen) atoms. The first kappa shape index (κ1) is 17.5. The van der Waals surface area contributed by atoms with Crippen LogP contribution in [0.15, 0.2) is 47.6 Å². The van der Waals surface area contributed by atoms with Crippen molar-refractivity contribution in [3.63, 3.8) is 0 Å². The van der Waals surface area contributed by atoms with Gasteiger partial charge in [-0.1, -0.05) is 55.9 Å². The average molecular weight is 353 g/mol. The van der Waals surface area contributed by atoms with Crippen molar-refractivity contribution < 1.29 is 4.79 Å². The highest BCUT2D eigenvalue weighted by molar-refractivity contribution is 8.00. The molecule has 0 bridgehead atoms. The van der Waals surface area contributed by atoms with E-state index in [1.807, 2.05) is 50.2 Å². The van der Waals surface area contributed by atoms with Crippen LogP contribution in [0.5, 0.6) is 0 Å². The van der Waals surface area contributed by atoms with Crippen LogP contribution in [0.2, 0.25) is 0 Å². The number of carbonyl (C=O) groups is 1. The van der Waals surface area contributed by atoms with E-state index in [9.17, 15) is 4.79 Å². The van der Waals surface area contributed by atoms with Crippen LogP contribution in [0.3, 0.4) is 0 Å². The van der Waals surface area contributed by atoms with Crippen LogP contribution in [0, 0.1) is 6.92 Å².